The van der Waals surface area contributed by atoms with Crippen molar-refractivity contribution in [3.05, 3.63) is 64.5 Å². The Bertz CT molecular complexity index is 1390. The molecule has 1 N–H and O–H groups in total. The first kappa shape index (κ1) is 22.8. The molecule has 0 saturated heterocycles. The number of carboxylic acid groups (broad SMARTS) is 1. The highest BCUT2D eigenvalue weighted by Gasteiger charge is 2.15. The second-order valence-corrected chi connectivity index (χ2v) is 8.96. The van der Waals surface area contributed by atoms with E-state index in [1.165, 1.54) is 39.2 Å². The van der Waals surface area contributed by atoms with E-state index >= 15 is 0 Å². The van der Waals surface area contributed by atoms with Gasteiger partial charge in [-0.15, -0.1) is 11.3 Å². The number of aromatic nitrogens is 1. The number of nitriles is 1. The molecule has 0 saturated carbocycles. The molecule has 33 heavy (non-hydrogen) atoms. The molecule has 4 aromatic rings. The summed E-state index contributed by atoms with van der Waals surface area (Å²) in [6.45, 7) is 6.19. The summed E-state index contributed by atoms with van der Waals surface area (Å²) in [5.74, 6) is -1.22. The molecule has 2 heterocycles. The molecule has 0 amide bonds. The highest BCUT2D eigenvalue weighted by Crippen LogP contribution is 2.37. The van der Waals surface area contributed by atoms with Crippen LogP contribution in [0.15, 0.2) is 54.1 Å². The Labute approximate surface area is 197 Å². The highest BCUT2D eigenvalue weighted by atomic mass is 32.1. The topological polar surface area (TPSA) is 75.2 Å². The Hall–Kier alpha value is -3.40. The average molecular weight is 459 g/mol. The molecule has 6 heteroatoms. The smallest absolute Gasteiger partial charge is 0.346 e. The maximum atomic E-state index is 11.4. The number of benzene rings is 2. The molecule has 0 fully saturated rings. The minimum atomic E-state index is -1.22. The molecule has 2 aromatic carbocycles. The van der Waals surface area contributed by atoms with Gasteiger partial charge in [0.15, 0.2) is 0 Å². The number of fused-ring (bicyclic) bond motifs is 3. The second kappa shape index (κ2) is 10.0. The molecule has 168 valence electrons. The molecular formula is C27H26N2O3S. The summed E-state index contributed by atoms with van der Waals surface area (Å²) in [5.41, 5.74) is 4.10. The van der Waals surface area contributed by atoms with Crippen molar-refractivity contribution in [2.45, 2.75) is 39.8 Å². The van der Waals surface area contributed by atoms with Crippen molar-refractivity contribution in [1.82, 2.24) is 4.57 Å². The number of para-hydroxylation sites is 1. The molecule has 4 rings (SSSR count). The number of hydrogen-bond donors (Lipinski definition) is 1. The summed E-state index contributed by atoms with van der Waals surface area (Å²) in [6.07, 6.45) is 3.47. The maximum Gasteiger partial charge on any atom is 0.346 e. The molecule has 0 atom stereocenters. The summed E-state index contributed by atoms with van der Waals surface area (Å²) in [4.78, 5) is 13.2. The Kier molecular flexibility index (Phi) is 6.93. The largest absolute Gasteiger partial charge is 0.477 e. The van der Waals surface area contributed by atoms with Gasteiger partial charge in [-0.2, -0.15) is 5.26 Å². The fourth-order valence-corrected chi connectivity index (χ4v) is 5.18. The van der Waals surface area contributed by atoms with Gasteiger partial charge in [-0.3, -0.25) is 0 Å². The van der Waals surface area contributed by atoms with Crippen molar-refractivity contribution in [2.75, 3.05) is 6.61 Å². The number of carbonyl (C=O) groups is 1. The van der Waals surface area contributed by atoms with Crippen LogP contribution in [0.3, 0.4) is 0 Å². The van der Waals surface area contributed by atoms with Gasteiger partial charge >= 0.3 is 5.97 Å². The van der Waals surface area contributed by atoms with Crippen LogP contribution in [0.2, 0.25) is 0 Å². The van der Waals surface area contributed by atoms with E-state index in [2.05, 4.69) is 66.9 Å². The second-order valence-electron chi connectivity index (χ2n) is 7.87. The van der Waals surface area contributed by atoms with E-state index in [0.29, 0.717) is 13.2 Å². The van der Waals surface area contributed by atoms with Crippen LogP contribution in [0.4, 0.5) is 0 Å². The Morgan fingerprint density at radius 1 is 1.15 bits per heavy atom. The number of ether oxygens (including phenoxy) is 1. The molecule has 0 unspecified atom stereocenters. The van der Waals surface area contributed by atoms with Gasteiger partial charge < -0.3 is 14.4 Å². The SMILES string of the molecule is CCCCOCc1cc(-c2ccc3c(c2)c2ccccc2n3CC)sc1/C=C(/C#N)C(=O)O. The number of aliphatic carboxylic acids is 1. The van der Waals surface area contributed by atoms with E-state index in [1.54, 1.807) is 6.07 Å². The van der Waals surface area contributed by atoms with Crippen molar-refractivity contribution in [2.24, 2.45) is 0 Å². The van der Waals surface area contributed by atoms with Crippen LogP contribution in [0.25, 0.3) is 38.3 Å². The molecule has 0 radical (unpaired) electrons. The third-order valence-electron chi connectivity index (χ3n) is 5.74. The monoisotopic (exact) mass is 458 g/mol. The molecule has 5 nitrogen and oxygen atoms in total. The minimum absolute atomic E-state index is 0.278. The summed E-state index contributed by atoms with van der Waals surface area (Å²) in [7, 11) is 0. The first-order valence-corrected chi connectivity index (χ1v) is 12.0. The fraction of sp³-hybridized carbons (Fsp3) is 0.259. The van der Waals surface area contributed by atoms with Gasteiger partial charge in [0.25, 0.3) is 0 Å². The van der Waals surface area contributed by atoms with Crippen molar-refractivity contribution >= 4 is 45.2 Å². The van der Waals surface area contributed by atoms with Gasteiger partial charge in [0, 0.05) is 44.7 Å². The van der Waals surface area contributed by atoms with Crippen LogP contribution < -0.4 is 0 Å². The third kappa shape index (κ3) is 4.56. The predicted octanol–water partition coefficient (Wildman–Crippen LogP) is 6.85. The van der Waals surface area contributed by atoms with Gasteiger partial charge in [0.1, 0.15) is 11.6 Å². The summed E-state index contributed by atoms with van der Waals surface area (Å²) >= 11 is 1.49. The molecule has 0 bridgehead atoms. The van der Waals surface area contributed by atoms with Gasteiger partial charge in [0.2, 0.25) is 0 Å². The first-order valence-electron chi connectivity index (χ1n) is 11.1. The van der Waals surface area contributed by atoms with Crippen LogP contribution in [0.5, 0.6) is 0 Å². The number of hydrogen-bond acceptors (Lipinski definition) is 4. The first-order chi connectivity index (χ1) is 16.1. The van der Waals surface area contributed by atoms with E-state index in [1.807, 2.05) is 0 Å². The van der Waals surface area contributed by atoms with Crippen LogP contribution >= 0.6 is 11.3 Å². The van der Waals surface area contributed by atoms with Crippen molar-refractivity contribution in [1.29, 1.82) is 5.26 Å². The summed E-state index contributed by atoms with van der Waals surface area (Å²) in [5, 5.41) is 21.0. The van der Waals surface area contributed by atoms with E-state index in [4.69, 9.17) is 4.74 Å². The third-order valence-corrected chi connectivity index (χ3v) is 6.91. The molecule has 0 spiro atoms. The van der Waals surface area contributed by atoms with Crippen molar-refractivity contribution in [3.63, 3.8) is 0 Å². The molecule has 0 aliphatic rings. The zero-order valence-corrected chi connectivity index (χ0v) is 19.6. The molecule has 0 aliphatic heterocycles. The molecule has 0 aliphatic carbocycles. The van der Waals surface area contributed by atoms with E-state index < -0.39 is 5.97 Å². The van der Waals surface area contributed by atoms with Crippen molar-refractivity contribution < 1.29 is 14.6 Å². The lowest BCUT2D eigenvalue weighted by molar-refractivity contribution is -0.132. The Balaban J connectivity index is 1.80. The number of thiophene rings is 1. The van der Waals surface area contributed by atoms with Gasteiger partial charge in [-0.25, -0.2) is 4.79 Å². The predicted molar refractivity (Wildman–Crippen MR) is 134 cm³/mol. The van der Waals surface area contributed by atoms with Crippen LogP contribution in [-0.2, 0) is 22.7 Å². The van der Waals surface area contributed by atoms with Gasteiger partial charge in [-0.05, 0) is 54.8 Å². The normalized spacial score (nSPS) is 11.8. The maximum absolute atomic E-state index is 11.4. The lowest BCUT2D eigenvalue weighted by Gasteiger charge is -2.03. The molecule has 2 aromatic heterocycles. The van der Waals surface area contributed by atoms with E-state index in [-0.39, 0.29) is 5.57 Å². The summed E-state index contributed by atoms with van der Waals surface area (Å²) < 4.78 is 8.13. The number of aryl methyl sites for hydroxylation is 1. The van der Waals surface area contributed by atoms with Crippen LogP contribution in [-0.4, -0.2) is 22.2 Å². The average Bonchev–Trinajstić information content (AvgIpc) is 3.38. The number of nitrogens with zero attached hydrogens (tertiary/aromatic N) is 2. The lowest BCUT2D eigenvalue weighted by atomic mass is 10.1. The standard InChI is InChI=1S/C27H26N2O3S/c1-3-5-12-32-17-20-15-25(33-26(20)14-19(16-28)27(30)31)18-10-11-24-22(13-18)21-8-6-7-9-23(21)29(24)4-2/h6-11,13-15H,3-5,12,17H2,1-2H3,(H,30,31)/b19-14-. The fourth-order valence-electron chi connectivity index (χ4n) is 4.07. The van der Waals surface area contributed by atoms with Crippen LogP contribution in [0, 0.1) is 11.3 Å². The van der Waals surface area contributed by atoms with Crippen molar-refractivity contribution in [3.8, 4) is 16.5 Å². The van der Waals surface area contributed by atoms with E-state index in [9.17, 15) is 15.2 Å². The quantitative estimate of drug-likeness (QED) is 0.169. The number of carboxylic acids is 1. The zero-order chi connectivity index (χ0) is 23.4. The number of unbranched alkanes of at least 4 members (excludes halogenated alkanes) is 1. The summed E-state index contributed by atoms with van der Waals surface area (Å²) in [6, 6.07) is 18.7. The Morgan fingerprint density at radius 2 is 1.94 bits per heavy atom. The molecular weight excluding hydrogens is 432 g/mol. The van der Waals surface area contributed by atoms with Crippen LogP contribution in [0.1, 0.15) is 37.1 Å². The lowest BCUT2D eigenvalue weighted by Crippen LogP contribution is -1.98. The van der Waals surface area contributed by atoms with Gasteiger partial charge in [-0.1, -0.05) is 37.6 Å². The van der Waals surface area contributed by atoms with E-state index in [0.717, 1.165) is 40.3 Å². The minimum Gasteiger partial charge on any atom is -0.477 e. The Morgan fingerprint density at radius 3 is 2.67 bits per heavy atom. The zero-order valence-electron chi connectivity index (χ0n) is 18.8. The number of rotatable bonds is 9. The highest BCUT2D eigenvalue weighted by molar-refractivity contribution is 7.16. The van der Waals surface area contributed by atoms with Gasteiger partial charge in [0.05, 0.1) is 6.61 Å².